The van der Waals surface area contributed by atoms with Gasteiger partial charge in [0.15, 0.2) is 0 Å². The van der Waals surface area contributed by atoms with E-state index < -0.39 is 10.0 Å². The van der Waals surface area contributed by atoms with Gasteiger partial charge in [-0.1, -0.05) is 0 Å². The van der Waals surface area contributed by atoms with Gasteiger partial charge in [0.05, 0.1) is 12.4 Å². The number of nitrogens with one attached hydrogen (secondary N) is 1. The summed E-state index contributed by atoms with van der Waals surface area (Å²) in [6.45, 7) is 6.13. The Kier molecular flexibility index (Phi) is 6.22. The van der Waals surface area contributed by atoms with Crippen LogP contribution in [0.5, 0.6) is 0 Å². The molecule has 0 aromatic carbocycles. The fraction of sp³-hybridized carbons (Fsp3) is 1.00. The summed E-state index contributed by atoms with van der Waals surface area (Å²) in [5.74, 6) is 0.927. The van der Waals surface area contributed by atoms with Gasteiger partial charge in [0.25, 0.3) is 0 Å². The molecule has 0 aromatic heterocycles. The number of ether oxygens (including phenoxy) is 1. The Morgan fingerprint density at radius 2 is 2.00 bits per heavy atom. The number of hydrogen-bond acceptors (Lipinski definition) is 5. The highest BCUT2D eigenvalue weighted by Crippen LogP contribution is 2.28. The minimum Gasteiger partial charge on any atom is -0.380 e. The molecule has 0 amide bonds. The molecule has 20 heavy (non-hydrogen) atoms. The van der Waals surface area contributed by atoms with E-state index in [2.05, 4.69) is 10.2 Å². The average Bonchev–Trinajstić information content (AvgIpc) is 3.26. The third-order valence-electron chi connectivity index (χ3n) is 3.95. The Balaban J connectivity index is 1.62. The van der Waals surface area contributed by atoms with Gasteiger partial charge in [0, 0.05) is 52.9 Å². The lowest BCUT2D eigenvalue weighted by atomic mass is 10.4. The van der Waals surface area contributed by atoms with Gasteiger partial charge in [-0.05, 0) is 18.8 Å². The van der Waals surface area contributed by atoms with E-state index in [0.29, 0.717) is 19.7 Å². The summed E-state index contributed by atoms with van der Waals surface area (Å²) >= 11 is 0. The van der Waals surface area contributed by atoms with Crippen molar-refractivity contribution in [2.45, 2.75) is 12.8 Å². The van der Waals surface area contributed by atoms with Crippen LogP contribution in [0.2, 0.25) is 0 Å². The standard InChI is InChI=1S/C13H27N3O3S/c1-15(8-10-19-12-13-2-3-13)20(17,18)11-9-16-6-4-14-5-7-16/h13-14H,2-12H2,1H3. The van der Waals surface area contributed by atoms with Gasteiger partial charge >= 0.3 is 0 Å². The minimum atomic E-state index is -3.15. The molecule has 0 unspecified atom stereocenters. The SMILES string of the molecule is CN(CCOCC1CC1)S(=O)(=O)CCN1CCNCC1. The Morgan fingerprint density at radius 3 is 2.65 bits per heavy atom. The van der Waals surface area contributed by atoms with E-state index in [1.807, 2.05) is 0 Å². The highest BCUT2D eigenvalue weighted by molar-refractivity contribution is 7.89. The highest BCUT2D eigenvalue weighted by Gasteiger charge is 2.22. The number of nitrogens with zero attached hydrogens (tertiary/aromatic N) is 2. The maximum Gasteiger partial charge on any atom is 0.215 e. The molecule has 2 aliphatic rings. The maximum absolute atomic E-state index is 12.1. The van der Waals surface area contributed by atoms with Gasteiger partial charge < -0.3 is 10.1 Å². The van der Waals surface area contributed by atoms with Crippen molar-refractivity contribution in [3.8, 4) is 0 Å². The zero-order valence-electron chi connectivity index (χ0n) is 12.4. The number of sulfonamides is 1. The molecule has 1 N–H and O–H groups in total. The Bertz CT molecular complexity index is 378. The summed E-state index contributed by atoms with van der Waals surface area (Å²) in [5, 5.41) is 3.27. The first kappa shape index (κ1) is 16.2. The summed E-state index contributed by atoms with van der Waals surface area (Å²) in [5.41, 5.74) is 0. The molecule has 1 saturated carbocycles. The van der Waals surface area contributed by atoms with E-state index in [-0.39, 0.29) is 5.75 Å². The van der Waals surface area contributed by atoms with E-state index in [0.717, 1.165) is 38.7 Å². The summed E-state index contributed by atoms with van der Waals surface area (Å²) in [6, 6.07) is 0. The molecule has 6 nitrogen and oxygen atoms in total. The normalized spacial score (nSPS) is 21.5. The summed E-state index contributed by atoms with van der Waals surface area (Å²) < 4.78 is 31.2. The van der Waals surface area contributed by atoms with Crippen LogP contribution < -0.4 is 5.32 Å². The summed E-state index contributed by atoms with van der Waals surface area (Å²) in [7, 11) is -1.51. The van der Waals surface area contributed by atoms with Gasteiger partial charge in [-0.25, -0.2) is 12.7 Å². The van der Waals surface area contributed by atoms with E-state index in [1.165, 1.54) is 17.1 Å². The molecule has 1 saturated heterocycles. The fourth-order valence-electron chi connectivity index (χ4n) is 2.20. The first-order valence-electron chi connectivity index (χ1n) is 7.53. The second kappa shape index (κ2) is 7.70. The van der Waals surface area contributed by atoms with Crippen molar-refractivity contribution in [1.82, 2.24) is 14.5 Å². The highest BCUT2D eigenvalue weighted by atomic mass is 32.2. The molecular formula is C13H27N3O3S. The van der Waals surface area contributed by atoms with Gasteiger partial charge in [0.1, 0.15) is 0 Å². The van der Waals surface area contributed by atoms with Crippen molar-refractivity contribution >= 4 is 10.0 Å². The second-order valence-electron chi connectivity index (χ2n) is 5.75. The molecule has 1 heterocycles. The lowest BCUT2D eigenvalue weighted by Crippen LogP contribution is -2.46. The van der Waals surface area contributed by atoms with Gasteiger partial charge in [-0.15, -0.1) is 0 Å². The van der Waals surface area contributed by atoms with Crippen molar-refractivity contribution < 1.29 is 13.2 Å². The van der Waals surface area contributed by atoms with E-state index in [1.54, 1.807) is 7.05 Å². The Labute approximate surface area is 122 Å². The fourth-order valence-corrected chi connectivity index (χ4v) is 3.36. The molecule has 1 aliphatic heterocycles. The number of hydrogen-bond donors (Lipinski definition) is 1. The average molecular weight is 305 g/mol. The predicted molar refractivity (Wildman–Crippen MR) is 79.3 cm³/mol. The topological polar surface area (TPSA) is 61.9 Å². The van der Waals surface area contributed by atoms with Crippen LogP contribution in [0.3, 0.4) is 0 Å². The van der Waals surface area contributed by atoms with Crippen molar-refractivity contribution in [1.29, 1.82) is 0 Å². The zero-order chi connectivity index (χ0) is 14.4. The number of rotatable bonds is 9. The van der Waals surface area contributed by atoms with Gasteiger partial charge in [-0.3, -0.25) is 4.90 Å². The molecule has 0 atom stereocenters. The molecule has 0 spiro atoms. The quantitative estimate of drug-likeness (QED) is 0.586. The number of likely N-dealkylation sites (N-methyl/N-ethyl adjacent to an activating group) is 1. The van der Waals surface area contributed by atoms with Crippen LogP contribution in [-0.2, 0) is 14.8 Å². The molecule has 1 aliphatic carbocycles. The molecule has 0 radical (unpaired) electrons. The lowest BCUT2D eigenvalue weighted by Gasteiger charge is -2.27. The zero-order valence-corrected chi connectivity index (χ0v) is 13.2. The van der Waals surface area contributed by atoms with Crippen LogP contribution in [0.15, 0.2) is 0 Å². The Hall–Kier alpha value is -0.210. The van der Waals surface area contributed by atoms with Crippen LogP contribution in [0.25, 0.3) is 0 Å². The molecule has 118 valence electrons. The molecule has 0 bridgehead atoms. The van der Waals surface area contributed by atoms with Crippen LogP contribution >= 0.6 is 0 Å². The van der Waals surface area contributed by atoms with Crippen molar-refractivity contribution in [3.05, 3.63) is 0 Å². The molecule has 2 fully saturated rings. The van der Waals surface area contributed by atoms with Crippen molar-refractivity contribution in [2.24, 2.45) is 5.92 Å². The molecular weight excluding hydrogens is 278 g/mol. The van der Waals surface area contributed by atoms with E-state index in [4.69, 9.17) is 4.74 Å². The van der Waals surface area contributed by atoms with Crippen LogP contribution in [-0.4, -0.2) is 82.9 Å². The molecule has 7 heteroatoms. The number of piperazine rings is 1. The lowest BCUT2D eigenvalue weighted by molar-refractivity contribution is 0.117. The monoisotopic (exact) mass is 305 g/mol. The third kappa shape index (κ3) is 5.65. The van der Waals surface area contributed by atoms with Crippen LogP contribution in [0.1, 0.15) is 12.8 Å². The van der Waals surface area contributed by atoms with Crippen LogP contribution in [0, 0.1) is 5.92 Å². The first-order valence-corrected chi connectivity index (χ1v) is 9.14. The Morgan fingerprint density at radius 1 is 1.30 bits per heavy atom. The van der Waals surface area contributed by atoms with Crippen molar-refractivity contribution in [3.63, 3.8) is 0 Å². The van der Waals surface area contributed by atoms with E-state index in [9.17, 15) is 8.42 Å². The van der Waals surface area contributed by atoms with Crippen LogP contribution in [0.4, 0.5) is 0 Å². The second-order valence-corrected chi connectivity index (χ2v) is 7.94. The smallest absolute Gasteiger partial charge is 0.215 e. The predicted octanol–water partition coefficient (Wildman–Crippen LogP) is -0.420. The van der Waals surface area contributed by atoms with Crippen molar-refractivity contribution in [2.75, 3.05) is 65.3 Å². The summed E-state index contributed by atoms with van der Waals surface area (Å²) in [6.07, 6.45) is 2.53. The minimum absolute atomic E-state index is 0.201. The molecule has 0 aromatic rings. The van der Waals surface area contributed by atoms with E-state index >= 15 is 0 Å². The van der Waals surface area contributed by atoms with Gasteiger partial charge in [0.2, 0.25) is 10.0 Å². The maximum atomic E-state index is 12.1. The summed E-state index contributed by atoms with van der Waals surface area (Å²) in [4.78, 5) is 2.20. The van der Waals surface area contributed by atoms with Gasteiger partial charge in [-0.2, -0.15) is 0 Å². The first-order chi connectivity index (χ1) is 9.58. The largest absolute Gasteiger partial charge is 0.380 e. The third-order valence-corrected chi connectivity index (χ3v) is 5.78. The molecule has 2 rings (SSSR count).